The lowest BCUT2D eigenvalue weighted by Gasteiger charge is -2.36. The van der Waals surface area contributed by atoms with Crippen LogP contribution in [0.1, 0.15) is 44.8 Å². The number of hydrogen-bond donors (Lipinski definition) is 2. The van der Waals surface area contributed by atoms with Crippen molar-refractivity contribution in [2.45, 2.75) is 45.3 Å². The van der Waals surface area contributed by atoms with Crippen LogP contribution in [0.2, 0.25) is 0 Å². The Bertz CT molecular complexity index is 722. The van der Waals surface area contributed by atoms with Gasteiger partial charge in [-0.25, -0.2) is 0 Å². The summed E-state index contributed by atoms with van der Waals surface area (Å²) in [5.41, 5.74) is 2.37. The maximum Gasteiger partial charge on any atom is 0.119 e. The van der Waals surface area contributed by atoms with E-state index in [4.69, 9.17) is 4.74 Å². The molecule has 2 aliphatic heterocycles. The third-order valence-electron chi connectivity index (χ3n) is 5.11. The van der Waals surface area contributed by atoms with Crippen LogP contribution in [0.25, 0.3) is 0 Å². The Morgan fingerprint density at radius 2 is 2.04 bits per heavy atom. The fourth-order valence-corrected chi connectivity index (χ4v) is 3.71. The van der Waals surface area contributed by atoms with E-state index in [1.807, 2.05) is 12.2 Å². The molecule has 0 spiro atoms. The Balaban J connectivity index is 1.68. The molecule has 2 N–H and O–H groups in total. The van der Waals surface area contributed by atoms with E-state index in [9.17, 15) is 5.11 Å². The number of nitrogens with one attached hydrogen (secondary N) is 1. The molecule has 0 saturated carbocycles. The second kappa shape index (κ2) is 9.80. The fourth-order valence-electron chi connectivity index (χ4n) is 3.71. The quantitative estimate of drug-likeness (QED) is 0.686. The number of ether oxygens (including phenoxy) is 1. The molecule has 3 rings (SSSR count). The van der Waals surface area contributed by atoms with Gasteiger partial charge in [0.2, 0.25) is 0 Å². The summed E-state index contributed by atoms with van der Waals surface area (Å²) < 4.78 is 5.89. The average Bonchev–Trinajstić information content (AvgIpc) is 2.92. The van der Waals surface area contributed by atoms with Crippen LogP contribution in [-0.4, -0.2) is 47.7 Å². The van der Waals surface area contributed by atoms with Gasteiger partial charge in [0, 0.05) is 24.5 Å². The van der Waals surface area contributed by atoms with Gasteiger partial charge in [-0.15, -0.1) is 0 Å². The van der Waals surface area contributed by atoms with E-state index in [2.05, 4.69) is 66.5 Å². The summed E-state index contributed by atoms with van der Waals surface area (Å²) in [6, 6.07) is 8.94. The number of allylic oxidation sites excluding steroid dienone is 4. The molecule has 5 nitrogen and oxygen atoms in total. The van der Waals surface area contributed by atoms with Gasteiger partial charge < -0.3 is 20.1 Å². The Kier molecular flexibility index (Phi) is 7.18. The van der Waals surface area contributed by atoms with Crippen LogP contribution in [0, 0.1) is 0 Å². The zero-order chi connectivity index (χ0) is 19.9. The standard InChI is InChI=1S/C23H33N3O2/c1-18(2)24-13-6-16-28-22-11-9-19(10-12-22)23-25(3)14-4-7-20-17-21(27)8-5-15-26(20)23/h5,8-12,15,17-18,23-24,27H,4,6-7,13-14,16H2,1-3H3. The maximum absolute atomic E-state index is 10.0. The van der Waals surface area contributed by atoms with Gasteiger partial charge in [0.15, 0.2) is 0 Å². The monoisotopic (exact) mass is 383 g/mol. The Labute approximate surface area is 169 Å². The third-order valence-corrected chi connectivity index (χ3v) is 5.11. The van der Waals surface area contributed by atoms with E-state index < -0.39 is 0 Å². The van der Waals surface area contributed by atoms with E-state index >= 15 is 0 Å². The number of hydrogen-bond acceptors (Lipinski definition) is 5. The molecule has 1 unspecified atom stereocenters. The predicted octanol–water partition coefficient (Wildman–Crippen LogP) is 4.33. The summed E-state index contributed by atoms with van der Waals surface area (Å²) in [4.78, 5) is 4.63. The van der Waals surface area contributed by atoms with Crippen LogP contribution in [0.15, 0.2) is 60.1 Å². The number of nitrogens with zero attached hydrogens (tertiary/aromatic N) is 2. The van der Waals surface area contributed by atoms with Crippen LogP contribution in [0.3, 0.4) is 0 Å². The van der Waals surface area contributed by atoms with E-state index in [-0.39, 0.29) is 6.17 Å². The van der Waals surface area contributed by atoms with Crippen molar-refractivity contribution in [3.8, 4) is 5.75 Å². The molecule has 2 aliphatic rings. The van der Waals surface area contributed by atoms with Crippen LogP contribution < -0.4 is 10.1 Å². The van der Waals surface area contributed by atoms with Gasteiger partial charge in [-0.1, -0.05) is 26.0 Å². The van der Waals surface area contributed by atoms with Gasteiger partial charge >= 0.3 is 0 Å². The number of rotatable bonds is 7. The normalized spacial score (nSPS) is 20.3. The van der Waals surface area contributed by atoms with Crippen molar-refractivity contribution in [3.05, 3.63) is 65.7 Å². The van der Waals surface area contributed by atoms with E-state index in [1.165, 1.54) is 5.56 Å². The summed E-state index contributed by atoms with van der Waals surface area (Å²) in [5.74, 6) is 1.22. The third kappa shape index (κ3) is 5.40. The van der Waals surface area contributed by atoms with Gasteiger partial charge in [0.05, 0.1) is 6.61 Å². The highest BCUT2D eigenvalue weighted by atomic mass is 16.5. The smallest absolute Gasteiger partial charge is 0.119 e. The number of aliphatic hydroxyl groups excluding tert-OH is 1. The number of fused-ring (bicyclic) bond motifs is 1. The second-order valence-electron chi connectivity index (χ2n) is 7.81. The minimum atomic E-state index is 0.105. The molecule has 0 bridgehead atoms. The van der Waals surface area contributed by atoms with E-state index in [1.54, 1.807) is 6.08 Å². The van der Waals surface area contributed by atoms with Gasteiger partial charge in [0.25, 0.3) is 0 Å². The van der Waals surface area contributed by atoms with Gasteiger partial charge in [-0.3, -0.25) is 4.90 Å². The average molecular weight is 384 g/mol. The minimum absolute atomic E-state index is 0.105. The molecule has 0 aromatic heterocycles. The second-order valence-corrected chi connectivity index (χ2v) is 7.81. The summed E-state index contributed by atoms with van der Waals surface area (Å²) >= 11 is 0. The Morgan fingerprint density at radius 3 is 2.79 bits per heavy atom. The molecule has 0 radical (unpaired) electrons. The molecule has 0 amide bonds. The summed E-state index contributed by atoms with van der Waals surface area (Å²) in [6.45, 7) is 7.01. The van der Waals surface area contributed by atoms with Crippen LogP contribution in [0.5, 0.6) is 5.75 Å². The van der Waals surface area contributed by atoms with Crippen LogP contribution in [0.4, 0.5) is 0 Å². The summed E-state index contributed by atoms with van der Waals surface area (Å²) in [6.07, 6.45) is 10.7. The lowest BCUT2D eigenvalue weighted by atomic mass is 10.1. The number of aliphatic hydroxyl groups is 1. The largest absolute Gasteiger partial charge is 0.508 e. The minimum Gasteiger partial charge on any atom is -0.508 e. The van der Waals surface area contributed by atoms with E-state index in [0.29, 0.717) is 11.8 Å². The first-order valence-corrected chi connectivity index (χ1v) is 10.3. The van der Waals surface area contributed by atoms with Crippen molar-refractivity contribution in [1.29, 1.82) is 0 Å². The van der Waals surface area contributed by atoms with Gasteiger partial charge in [-0.05, 0) is 68.8 Å². The molecule has 1 saturated heterocycles. The molecule has 1 aromatic carbocycles. The maximum atomic E-state index is 10.0. The lowest BCUT2D eigenvalue weighted by Crippen LogP contribution is -2.34. The predicted molar refractivity (Wildman–Crippen MR) is 114 cm³/mol. The first-order chi connectivity index (χ1) is 13.5. The summed E-state index contributed by atoms with van der Waals surface area (Å²) in [7, 11) is 2.16. The fraction of sp³-hybridized carbons (Fsp3) is 0.478. The Morgan fingerprint density at radius 1 is 1.25 bits per heavy atom. The topological polar surface area (TPSA) is 48.0 Å². The first kappa shape index (κ1) is 20.5. The van der Waals surface area contributed by atoms with E-state index in [0.717, 1.165) is 50.4 Å². The Hall–Kier alpha value is -2.24. The van der Waals surface area contributed by atoms with Crippen molar-refractivity contribution in [2.75, 3.05) is 26.7 Å². The van der Waals surface area contributed by atoms with Crippen molar-refractivity contribution < 1.29 is 9.84 Å². The molecule has 1 aromatic rings. The van der Waals surface area contributed by atoms with Crippen molar-refractivity contribution in [1.82, 2.24) is 15.1 Å². The molecule has 2 heterocycles. The highest BCUT2D eigenvalue weighted by molar-refractivity contribution is 5.33. The van der Waals surface area contributed by atoms with Crippen molar-refractivity contribution >= 4 is 0 Å². The van der Waals surface area contributed by atoms with Crippen LogP contribution >= 0.6 is 0 Å². The highest BCUT2D eigenvalue weighted by Gasteiger charge is 2.28. The highest BCUT2D eigenvalue weighted by Crippen LogP contribution is 2.34. The molecule has 152 valence electrons. The zero-order valence-electron chi connectivity index (χ0n) is 17.3. The molecular formula is C23H33N3O2. The molecule has 1 fully saturated rings. The van der Waals surface area contributed by atoms with Crippen LogP contribution in [-0.2, 0) is 0 Å². The SMILES string of the molecule is CC(C)NCCCOc1ccc(C2N(C)CCCC3=CC(O)=CC=CN32)cc1. The van der Waals surface area contributed by atoms with Crippen molar-refractivity contribution in [3.63, 3.8) is 0 Å². The van der Waals surface area contributed by atoms with Crippen molar-refractivity contribution in [2.24, 2.45) is 0 Å². The molecular weight excluding hydrogens is 350 g/mol. The van der Waals surface area contributed by atoms with Gasteiger partial charge in [0.1, 0.15) is 17.7 Å². The summed E-state index contributed by atoms with van der Waals surface area (Å²) in [5, 5.41) is 13.4. The molecule has 0 aliphatic carbocycles. The lowest BCUT2D eigenvalue weighted by molar-refractivity contribution is 0.142. The zero-order valence-corrected chi connectivity index (χ0v) is 17.3. The number of benzene rings is 1. The molecule has 1 atom stereocenters. The molecule has 28 heavy (non-hydrogen) atoms. The molecule has 5 heteroatoms. The van der Waals surface area contributed by atoms with Gasteiger partial charge in [-0.2, -0.15) is 0 Å². The first-order valence-electron chi connectivity index (χ1n) is 10.3.